The maximum Gasteiger partial charge on any atom is 0.222 e. The number of hydrogen-bond donors (Lipinski definition) is 2. The Morgan fingerprint density at radius 3 is 2.93 bits per heavy atom. The maximum atomic E-state index is 12.1. The van der Waals surface area contributed by atoms with E-state index in [1.807, 2.05) is 17.4 Å². The number of likely N-dealkylation sites (tertiary alicyclic amines) is 1. The second-order valence-corrected chi connectivity index (χ2v) is 7.72. The number of nitrogens with zero attached hydrogens (tertiary/aromatic N) is 4. The molecule has 7 heteroatoms. The number of carbonyl (C=O) groups is 1. The Morgan fingerprint density at radius 2 is 2.10 bits per heavy atom. The molecule has 0 unspecified atom stereocenters. The number of rotatable bonds is 9. The van der Waals surface area contributed by atoms with Crippen LogP contribution in [0.1, 0.15) is 50.2 Å². The Bertz CT molecular complexity index is 802. The number of carbonyl (C=O) groups excluding carboxylic acids is 1. The monoisotopic (exact) mass is 410 g/mol. The summed E-state index contributed by atoms with van der Waals surface area (Å²) in [5, 5.41) is 6.71. The minimum atomic E-state index is 0.309. The molecule has 0 atom stereocenters. The van der Waals surface area contributed by atoms with E-state index in [1.165, 1.54) is 17.5 Å². The van der Waals surface area contributed by atoms with Gasteiger partial charge in [0.25, 0.3) is 0 Å². The quantitative estimate of drug-likeness (QED) is 0.379. The van der Waals surface area contributed by atoms with Crippen LogP contribution in [0.3, 0.4) is 0 Å². The van der Waals surface area contributed by atoms with Crippen molar-refractivity contribution in [2.75, 3.05) is 26.2 Å². The van der Waals surface area contributed by atoms with E-state index in [4.69, 9.17) is 4.99 Å². The molecule has 1 saturated heterocycles. The smallest absolute Gasteiger partial charge is 0.222 e. The number of aromatic nitrogens is 2. The molecule has 1 amide bonds. The number of imidazole rings is 1. The molecule has 1 aromatic heterocycles. The van der Waals surface area contributed by atoms with E-state index in [0.29, 0.717) is 18.9 Å². The number of guanidine groups is 1. The number of aliphatic imine (C=N–C) groups is 1. The van der Waals surface area contributed by atoms with Crippen LogP contribution in [0.15, 0.2) is 48.0 Å². The molecule has 30 heavy (non-hydrogen) atoms. The van der Waals surface area contributed by atoms with Crippen LogP contribution >= 0.6 is 0 Å². The molecule has 1 aliphatic rings. The highest BCUT2D eigenvalue weighted by atomic mass is 16.2. The summed E-state index contributed by atoms with van der Waals surface area (Å²) in [6, 6.07) is 8.50. The predicted molar refractivity (Wildman–Crippen MR) is 120 cm³/mol. The molecule has 1 aromatic carbocycles. The molecule has 2 aromatic rings. The van der Waals surface area contributed by atoms with Crippen LogP contribution in [0.2, 0.25) is 0 Å². The van der Waals surface area contributed by atoms with Crippen molar-refractivity contribution in [1.82, 2.24) is 25.1 Å². The van der Waals surface area contributed by atoms with E-state index in [9.17, 15) is 4.79 Å². The van der Waals surface area contributed by atoms with Crippen LogP contribution in [0.5, 0.6) is 0 Å². The molecule has 0 radical (unpaired) electrons. The molecule has 1 aliphatic heterocycles. The van der Waals surface area contributed by atoms with Crippen LogP contribution < -0.4 is 10.6 Å². The predicted octanol–water partition coefficient (Wildman–Crippen LogP) is 2.78. The normalized spacial score (nSPS) is 15.2. The van der Waals surface area contributed by atoms with Crippen LogP contribution in [0.25, 0.3) is 0 Å². The van der Waals surface area contributed by atoms with Crippen molar-refractivity contribution in [3.05, 3.63) is 54.1 Å². The van der Waals surface area contributed by atoms with E-state index in [-0.39, 0.29) is 0 Å². The van der Waals surface area contributed by atoms with E-state index < -0.39 is 0 Å². The third kappa shape index (κ3) is 7.21. The van der Waals surface area contributed by atoms with Crippen molar-refractivity contribution in [2.24, 2.45) is 4.99 Å². The lowest BCUT2D eigenvalue weighted by molar-refractivity contribution is -0.130. The lowest BCUT2D eigenvalue weighted by Crippen LogP contribution is -2.39. The third-order valence-electron chi connectivity index (χ3n) is 5.25. The minimum Gasteiger partial charge on any atom is -0.357 e. The summed E-state index contributed by atoms with van der Waals surface area (Å²) in [6.07, 6.45) is 10.6. The molecular formula is C23H34N6O. The first-order valence-corrected chi connectivity index (χ1v) is 11.1. The first kappa shape index (κ1) is 21.9. The highest BCUT2D eigenvalue weighted by Crippen LogP contribution is 2.11. The van der Waals surface area contributed by atoms with Gasteiger partial charge in [0.05, 0.1) is 12.9 Å². The van der Waals surface area contributed by atoms with Gasteiger partial charge in [-0.1, -0.05) is 30.7 Å². The lowest BCUT2D eigenvalue weighted by Gasteiger charge is -2.20. The zero-order valence-electron chi connectivity index (χ0n) is 18.0. The van der Waals surface area contributed by atoms with Crippen molar-refractivity contribution >= 4 is 11.9 Å². The van der Waals surface area contributed by atoms with Gasteiger partial charge < -0.3 is 20.1 Å². The van der Waals surface area contributed by atoms with Crippen LogP contribution in [-0.4, -0.2) is 52.5 Å². The first-order valence-electron chi connectivity index (χ1n) is 11.1. The van der Waals surface area contributed by atoms with E-state index >= 15 is 0 Å². The zero-order chi connectivity index (χ0) is 21.0. The van der Waals surface area contributed by atoms with Gasteiger partial charge in [-0.25, -0.2) is 9.98 Å². The number of nitrogens with one attached hydrogen (secondary N) is 2. The molecule has 7 nitrogen and oxygen atoms in total. The average Bonchev–Trinajstić information content (AvgIpc) is 3.17. The summed E-state index contributed by atoms with van der Waals surface area (Å²) in [6.45, 7) is 6.85. The fourth-order valence-corrected chi connectivity index (χ4v) is 3.68. The molecule has 3 rings (SSSR count). The Hall–Kier alpha value is -2.83. The van der Waals surface area contributed by atoms with Crippen LogP contribution in [-0.2, 0) is 17.9 Å². The summed E-state index contributed by atoms with van der Waals surface area (Å²) in [5.41, 5.74) is 2.42. The zero-order valence-corrected chi connectivity index (χ0v) is 18.0. The second kappa shape index (κ2) is 12.0. The summed E-state index contributed by atoms with van der Waals surface area (Å²) in [4.78, 5) is 22.9. The number of benzene rings is 1. The van der Waals surface area contributed by atoms with Gasteiger partial charge in [-0.05, 0) is 37.3 Å². The third-order valence-corrected chi connectivity index (χ3v) is 5.25. The molecule has 2 heterocycles. The molecule has 0 spiro atoms. The number of amides is 1. The summed E-state index contributed by atoms with van der Waals surface area (Å²) in [5.74, 6) is 1.13. The second-order valence-electron chi connectivity index (χ2n) is 7.72. The van der Waals surface area contributed by atoms with Crippen molar-refractivity contribution in [1.29, 1.82) is 0 Å². The Morgan fingerprint density at radius 1 is 1.20 bits per heavy atom. The van der Waals surface area contributed by atoms with Crippen LogP contribution in [0, 0.1) is 0 Å². The van der Waals surface area contributed by atoms with Gasteiger partial charge >= 0.3 is 0 Å². The molecular weight excluding hydrogens is 376 g/mol. The molecule has 0 saturated carbocycles. The molecule has 0 bridgehead atoms. The summed E-state index contributed by atoms with van der Waals surface area (Å²) < 4.78 is 2.06. The standard InChI is InChI=1S/C23H34N6O/c1-2-25-23(26-11-7-14-29-13-5-3-4-10-22(29)30)27-17-20-8-6-9-21(16-20)18-28-15-12-24-19-28/h6,8-9,12,15-16,19H,2-5,7,10-11,13-14,17-18H2,1H3,(H2,25,26,27). The Balaban J connectivity index is 1.47. The number of hydrogen-bond acceptors (Lipinski definition) is 3. The summed E-state index contributed by atoms with van der Waals surface area (Å²) >= 11 is 0. The van der Waals surface area contributed by atoms with Crippen molar-refractivity contribution in [2.45, 2.75) is 52.1 Å². The minimum absolute atomic E-state index is 0.309. The summed E-state index contributed by atoms with van der Waals surface area (Å²) in [7, 11) is 0. The molecule has 2 N–H and O–H groups in total. The molecule has 0 aliphatic carbocycles. The van der Waals surface area contributed by atoms with Gasteiger partial charge in [0.1, 0.15) is 0 Å². The van der Waals surface area contributed by atoms with Crippen LogP contribution in [0.4, 0.5) is 0 Å². The topological polar surface area (TPSA) is 74.6 Å². The van der Waals surface area contributed by atoms with Crippen molar-refractivity contribution < 1.29 is 4.79 Å². The maximum absolute atomic E-state index is 12.1. The van der Waals surface area contributed by atoms with Crippen molar-refractivity contribution in [3.8, 4) is 0 Å². The average molecular weight is 411 g/mol. The van der Waals surface area contributed by atoms with Gasteiger partial charge in [0.2, 0.25) is 5.91 Å². The molecule has 1 fully saturated rings. The van der Waals surface area contributed by atoms with E-state index in [2.05, 4.69) is 51.4 Å². The first-order chi connectivity index (χ1) is 14.7. The highest BCUT2D eigenvalue weighted by molar-refractivity contribution is 5.79. The molecule has 162 valence electrons. The van der Waals surface area contributed by atoms with Gasteiger partial charge in [-0.2, -0.15) is 0 Å². The largest absolute Gasteiger partial charge is 0.357 e. The van der Waals surface area contributed by atoms with Gasteiger partial charge in [0, 0.05) is 51.5 Å². The Kier molecular flexibility index (Phi) is 8.75. The fourth-order valence-electron chi connectivity index (χ4n) is 3.68. The van der Waals surface area contributed by atoms with Gasteiger partial charge in [-0.3, -0.25) is 4.79 Å². The lowest BCUT2D eigenvalue weighted by atomic mass is 10.1. The fraction of sp³-hybridized carbons (Fsp3) is 0.522. The Labute approximate surface area is 179 Å². The van der Waals surface area contributed by atoms with Gasteiger partial charge in [-0.15, -0.1) is 0 Å². The SMILES string of the molecule is CCNC(=NCc1cccc(Cn2ccnc2)c1)NCCCN1CCCCCC1=O. The van der Waals surface area contributed by atoms with Crippen molar-refractivity contribution in [3.63, 3.8) is 0 Å². The van der Waals surface area contributed by atoms with E-state index in [0.717, 1.165) is 57.9 Å². The van der Waals surface area contributed by atoms with E-state index in [1.54, 1.807) is 6.20 Å². The van der Waals surface area contributed by atoms with Gasteiger partial charge in [0.15, 0.2) is 5.96 Å². The highest BCUT2D eigenvalue weighted by Gasteiger charge is 2.15.